The third-order valence-electron chi connectivity index (χ3n) is 8.39. The van der Waals surface area contributed by atoms with Crippen molar-refractivity contribution in [1.29, 1.82) is 0 Å². The van der Waals surface area contributed by atoms with Crippen molar-refractivity contribution in [3.8, 4) is 0 Å². The molecule has 5 rings (SSSR count). The highest BCUT2D eigenvalue weighted by Gasteiger charge is 2.35. The Morgan fingerprint density at radius 3 is 2.61 bits per heavy atom. The van der Waals surface area contributed by atoms with Gasteiger partial charge in [0.2, 0.25) is 0 Å². The first kappa shape index (κ1) is 21.5. The van der Waals surface area contributed by atoms with Crippen LogP contribution in [-0.2, 0) is 13.0 Å². The lowest BCUT2D eigenvalue weighted by Crippen LogP contribution is -2.46. The molecule has 170 valence electrons. The van der Waals surface area contributed by atoms with Crippen molar-refractivity contribution < 1.29 is 5.11 Å². The molecule has 4 nitrogen and oxygen atoms in total. The number of aryl methyl sites for hydroxylation is 1. The van der Waals surface area contributed by atoms with Gasteiger partial charge in [0.25, 0.3) is 0 Å². The van der Waals surface area contributed by atoms with E-state index in [1.54, 1.807) is 16.8 Å². The molecule has 0 unspecified atom stereocenters. The van der Waals surface area contributed by atoms with Gasteiger partial charge in [-0.25, -0.2) is 0 Å². The summed E-state index contributed by atoms with van der Waals surface area (Å²) in [5.41, 5.74) is 6.23. The molecule has 1 N–H and O–H groups in total. The molecule has 2 atom stereocenters. The first-order valence-electron chi connectivity index (χ1n) is 13.0. The number of aliphatic hydroxyl groups excluding tert-OH is 1. The summed E-state index contributed by atoms with van der Waals surface area (Å²) in [7, 11) is 0. The lowest BCUT2D eigenvalue weighted by Gasteiger charge is -2.41. The fourth-order valence-electron chi connectivity index (χ4n) is 6.71. The maximum Gasteiger partial charge on any atom is 0.0794 e. The molecule has 1 aromatic heterocycles. The van der Waals surface area contributed by atoms with E-state index in [0.29, 0.717) is 6.04 Å². The quantitative estimate of drug-likeness (QED) is 0.673. The monoisotopic (exact) mass is 423 g/mol. The van der Waals surface area contributed by atoms with Crippen molar-refractivity contribution in [3.05, 3.63) is 35.0 Å². The van der Waals surface area contributed by atoms with Gasteiger partial charge >= 0.3 is 0 Å². The molecule has 2 heterocycles. The van der Waals surface area contributed by atoms with Gasteiger partial charge in [-0.15, -0.1) is 0 Å². The van der Waals surface area contributed by atoms with Crippen LogP contribution in [0.4, 0.5) is 0 Å². The van der Waals surface area contributed by atoms with Crippen molar-refractivity contribution in [2.75, 3.05) is 32.7 Å². The minimum absolute atomic E-state index is 0.265. The summed E-state index contributed by atoms with van der Waals surface area (Å²) in [5.74, 6) is 0.772. The Hall–Kier alpha value is -1.36. The Labute approximate surface area is 188 Å². The Morgan fingerprint density at radius 1 is 1.03 bits per heavy atom. The van der Waals surface area contributed by atoms with Crippen molar-refractivity contribution in [2.45, 2.75) is 89.8 Å². The fourth-order valence-corrected chi connectivity index (χ4v) is 6.71. The van der Waals surface area contributed by atoms with Gasteiger partial charge in [-0.1, -0.05) is 39.2 Å². The van der Waals surface area contributed by atoms with Crippen LogP contribution < -0.4 is 0 Å². The largest absolute Gasteiger partial charge is 0.390 e. The molecule has 0 radical (unpaired) electrons. The topological polar surface area (TPSA) is 31.6 Å². The molecule has 1 aliphatic heterocycles. The molecule has 2 aromatic rings. The number of aromatic nitrogens is 1. The fraction of sp³-hybridized carbons (Fsp3) is 0.704. The van der Waals surface area contributed by atoms with E-state index in [2.05, 4.69) is 46.4 Å². The van der Waals surface area contributed by atoms with Crippen molar-refractivity contribution in [3.63, 3.8) is 0 Å². The molecule has 1 fully saturated rings. The second kappa shape index (κ2) is 9.25. The summed E-state index contributed by atoms with van der Waals surface area (Å²) in [4.78, 5) is 4.93. The highest BCUT2D eigenvalue weighted by Crippen LogP contribution is 2.44. The first-order chi connectivity index (χ1) is 15.2. The molecule has 0 bridgehead atoms. The number of aliphatic hydroxyl groups is 1. The van der Waals surface area contributed by atoms with Crippen molar-refractivity contribution >= 4 is 10.9 Å². The van der Waals surface area contributed by atoms with E-state index in [4.69, 9.17) is 0 Å². The van der Waals surface area contributed by atoms with Crippen LogP contribution in [0.25, 0.3) is 10.9 Å². The van der Waals surface area contributed by atoms with Gasteiger partial charge < -0.3 is 14.6 Å². The van der Waals surface area contributed by atoms with Crippen LogP contribution in [0.1, 0.15) is 87.6 Å². The van der Waals surface area contributed by atoms with E-state index in [9.17, 15) is 5.11 Å². The van der Waals surface area contributed by atoms with Gasteiger partial charge in [-0.05, 0) is 74.4 Å². The normalized spacial score (nSPS) is 23.4. The van der Waals surface area contributed by atoms with E-state index in [0.717, 1.165) is 45.2 Å². The maximum absolute atomic E-state index is 10.8. The highest BCUT2D eigenvalue weighted by atomic mass is 16.3. The summed E-state index contributed by atoms with van der Waals surface area (Å²) in [6.07, 6.45) is 10.4. The maximum atomic E-state index is 10.8. The molecule has 0 amide bonds. The molecule has 4 heteroatoms. The zero-order chi connectivity index (χ0) is 21.4. The van der Waals surface area contributed by atoms with Crippen LogP contribution >= 0.6 is 0 Å². The summed E-state index contributed by atoms with van der Waals surface area (Å²) >= 11 is 0. The van der Waals surface area contributed by atoms with Gasteiger partial charge in [0.15, 0.2) is 0 Å². The summed E-state index contributed by atoms with van der Waals surface area (Å²) in [5, 5.41) is 12.3. The van der Waals surface area contributed by atoms with Crippen LogP contribution in [0, 0.1) is 0 Å². The number of benzene rings is 1. The molecular formula is C27H41N3O. The van der Waals surface area contributed by atoms with Gasteiger partial charge in [-0.3, -0.25) is 4.90 Å². The average Bonchev–Trinajstić information content (AvgIpc) is 3.14. The standard InChI is InChI=1S/C27H41N3O/c1-3-28(4-2)18-22(31)19-29-15-16-30-25-14-13-21(20-9-6-5-7-10-20)17-24(25)23-11-8-12-26(29)27(23)30/h13-14,17,20,22,26,31H,3-12,15-16,18-19H2,1-2H3/t22-,26-/m0/s1. The molecule has 1 saturated carbocycles. The van der Waals surface area contributed by atoms with Gasteiger partial charge in [-0.2, -0.15) is 0 Å². The van der Waals surface area contributed by atoms with Crippen LogP contribution in [-0.4, -0.2) is 58.3 Å². The Bertz CT molecular complexity index is 894. The zero-order valence-corrected chi connectivity index (χ0v) is 19.7. The summed E-state index contributed by atoms with van der Waals surface area (Å²) in [6, 6.07) is 7.91. The van der Waals surface area contributed by atoms with Crippen LogP contribution in [0.15, 0.2) is 18.2 Å². The summed E-state index contributed by atoms with van der Waals surface area (Å²) in [6.45, 7) is 10.1. The lowest BCUT2D eigenvalue weighted by molar-refractivity contribution is 0.0439. The molecule has 1 aromatic carbocycles. The van der Waals surface area contributed by atoms with E-state index in [1.165, 1.54) is 62.3 Å². The number of nitrogens with zero attached hydrogens (tertiary/aromatic N) is 3. The van der Waals surface area contributed by atoms with E-state index in [1.807, 2.05) is 0 Å². The highest BCUT2D eigenvalue weighted by molar-refractivity contribution is 5.87. The predicted octanol–water partition coefficient (Wildman–Crippen LogP) is 5.08. The van der Waals surface area contributed by atoms with Gasteiger partial charge in [0.05, 0.1) is 12.1 Å². The third-order valence-corrected chi connectivity index (χ3v) is 8.39. The molecule has 31 heavy (non-hydrogen) atoms. The van der Waals surface area contributed by atoms with E-state index < -0.39 is 0 Å². The number of hydrogen-bond acceptors (Lipinski definition) is 3. The lowest BCUT2D eigenvalue weighted by atomic mass is 9.83. The molecule has 2 aliphatic carbocycles. The minimum Gasteiger partial charge on any atom is -0.390 e. The second-order valence-electron chi connectivity index (χ2n) is 10.2. The van der Waals surface area contributed by atoms with Gasteiger partial charge in [0, 0.05) is 42.8 Å². The Balaban J connectivity index is 1.42. The van der Waals surface area contributed by atoms with Gasteiger partial charge in [0.1, 0.15) is 0 Å². The van der Waals surface area contributed by atoms with Crippen molar-refractivity contribution in [2.24, 2.45) is 0 Å². The van der Waals surface area contributed by atoms with Crippen LogP contribution in [0.2, 0.25) is 0 Å². The first-order valence-corrected chi connectivity index (χ1v) is 13.0. The second-order valence-corrected chi connectivity index (χ2v) is 10.2. The number of hydrogen-bond donors (Lipinski definition) is 1. The molecule has 0 saturated heterocycles. The zero-order valence-electron chi connectivity index (χ0n) is 19.7. The average molecular weight is 424 g/mol. The van der Waals surface area contributed by atoms with Crippen LogP contribution in [0.3, 0.4) is 0 Å². The number of fused-ring (bicyclic) bond motifs is 3. The SMILES string of the molecule is CCN(CC)C[C@H](O)CN1CCn2c3c(c4cc(C5CCCCC5)ccc42)CCC[C@@H]31. The third kappa shape index (κ3) is 4.07. The number of β-amino-alcohol motifs (C(OH)–C–C–N with tert-alkyl or cyclic N) is 1. The smallest absolute Gasteiger partial charge is 0.0794 e. The van der Waals surface area contributed by atoms with Crippen molar-refractivity contribution in [1.82, 2.24) is 14.4 Å². The molecule has 3 aliphatic rings. The predicted molar refractivity (Wildman–Crippen MR) is 129 cm³/mol. The molecule has 0 spiro atoms. The van der Waals surface area contributed by atoms with E-state index in [-0.39, 0.29) is 6.10 Å². The summed E-state index contributed by atoms with van der Waals surface area (Å²) < 4.78 is 2.63. The Kier molecular flexibility index (Phi) is 6.41. The number of rotatable bonds is 7. The minimum atomic E-state index is -0.265. The Morgan fingerprint density at radius 2 is 1.84 bits per heavy atom. The number of likely N-dealkylation sites (N-methyl/N-ethyl adjacent to an activating group) is 1. The molecular weight excluding hydrogens is 382 g/mol. The van der Waals surface area contributed by atoms with Crippen LogP contribution in [0.5, 0.6) is 0 Å². The van der Waals surface area contributed by atoms with E-state index >= 15 is 0 Å².